The number of amides is 1. The average Bonchev–Trinajstić information content (AvgIpc) is 3.11. The normalized spacial score (nSPS) is 16.1. The maximum absolute atomic E-state index is 12.4. The van der Waals surface area contributed by atoms with E-state index in [4.69, 9.17) is 11.6 Å². The fraction of sp³-hybridized carbons (Fsp3) is 0.263. The molecule has 0 saturated heterocycles. The van der Waals surface area contributed by atoms with E-state index in [1.165, 1.54) is 15.9 Å². The molecule has 1 N–H and O–H groups in total. The van der Waals surface area contributed by atoms with Crippen LogP contribution in [0.5, 0.6) is 0 Å². The number of hydrogen-bond acceptors (Lipinski definition) is 4. The van der Waals surface area contributed by atoms with Crippen LogP contribution in [0.2, 0.25) is 5.02 Å². The number of carbonyl (C=O) groups excluding carboxylic acids is 1. The Kier molecular flexibility index (Phi) is 4.67. The zero-order chi connectivity index (χ0) is 17.9. The predicted octanol–water partition coefficient (Wildman–Crippen LogP) is 3.19. The molecule has 26 heavy (non-hydrogen) atoms. The number of carbonyl (C=O) groups is 1. The molecule has 0 saturated carbocycles. The van der Waals surface area contributed by atoms with Gasteiger partial charge in [0.1, 0.15) is 6.54 Å². The molecular formula is C19H18ClN5O. The van der Waals surface area contributed by atoms with Gasteiger partial charge in [0, 0.05) is 10.6 Å². The molecule has 2 aromatic carbocycles. The molecule has 0 fully saturated rings. The van der Waals surface area contributed by atoms with Gasteiger partial charge in [0.05, 0.1) is 6.04 Å². The summed E-state index contributed by atoms with van der Waals surface area (Å²) in [6.45, 7) is 0.0409. The Morgan fingerprint density at radius 3 is 2.85 bits per heavy atom. The van der Waals surface area contributed by atoms with Crippen LogP contribution in [0.3, 0.4) is 0 Å². The summed E-state index contributed by atoms with van der Waals surface area (Å²) in [4.78, 5) is 13.7. The Hall–Kier alpha value is -2.73. The summed E-state index contributed by atoms with van der Waals surface area (Å²) in [5, 5.41) is 16.0. The molecule has 7 heteroatoms. The summed E-state index contributed by atoms with van der Waals surface area (Å²) in [6.07, 6.45) is 3.09. The number of rotatable bonds is 4. The van der Waals surface area contributed by atoms with E-state index < -0.39 is 0 Å². The van der Waals surface area contributed by atoms with E-state index in [0.717, 1.165) is 24.8 Å². The second-order valence-electron chi connectivity index (χ2n) is 6.36. The molecule has 1 aliphatic rings. The Labute approximate surface area is 156 Å². The number of fused-ring (bicyclic) bond motifs is 1. The van der Waals surface area contributed by atoms with Crippen molar-refractivity contribution in [3.63, 3.8) is 0 Å². The van der Waals surface area contributed by atoms with Crippen molar-refractivity contribution in [2.75, 3.05) is 0 Å². The van der Waals surface area contributed by atoms with Crippen LogP contribution in [0.15, 0.2) is 48.5 Å². The molecular weight excluding hydrogens is 350 g/mol. The minimum Gasteiger partial charge on any atom is -0.348 e. The average molecular weight is 368 g/mol. The Morgan fingerprint density at radius 2 is 2.00 bits per heavy atom. The van der Waals surface area contributed by atoms with Crippen LogP contribution in [0, 0.1) is 0 Å². The number of tetrazole rings is 1. The highest BCUT2D eigenvalue weighted by Gasteiger charge is 2.21. The van der Waals surface area contributed by atoms with E-state index in [2.05, 4.69) is 32.9 Å². The number of hydrogen-bond donors (Lipinski definition) is 1. The third kappa shape index (κ3) is 3.60. The van der Waals surface area contributed by atoms with E-state index >= 15 is 0 Å². The molecule has 0 unspecified atom stereocenters. The molecule has 0 aliphatic heterocycles. The second kappa shape index (κ2) is 7.25. The molecule has 0 spiro atoms. The summed E-state index contributed by atoms with van der Waals surface area (Å²) >= 11 is 5.89. The summed E-state index contributed by atoms with van der Waals surface area (Å²) in [5.74, 6) is 0.351. The van der Waals surface area contributed by atoms with Crippen LogP contribution < -0.4 is 5.32 Å². The topological polar surface area (TPSA) is 72.7 Å². The Bertz CT molecular complexity index is 922. The van der Waals surface area contributed by atoms with Crippen LogP contribution >= 0.6 is 11.6 Å². The molecule has 3 aromatic rings. The van der Waals surface area contributed by atoms with Gasteiger partial charge in [-0.05, 0) is 59.9 Å². The van der Waals surface area contributed by atoms with Gasteiger partial charge in [0.15, 0.2) is 0 Å². The van der Waals surface area contributed by atoms with Gasteiger partial charge in [-0.2, -0.15) is 4.80 Å². The van der Waals surface area contributed by atoms with Crippen molar-refractivity contribution in [3.8, 4) is 11.4 Å². The maximum Gasteiger partial charge on any atom is 0.244 e. The summed E-state index contributed by atoms with van der Waals surface area (Å²) in [5.41, 5.74) is 3.33. The molecule has 0 bridgehead atoms. The molecule has 1 aliphatic carbocycles. The lowest BCUT2D eigenvalue weighted by molar-refractivity contribution is -0.122. The van der Waals surface area contributed by atoms with Gasteiger partial charge in [0.2, 0.25) is 11.7 Å². The van der Waals surface area contributed by atoms with E-state index in [1.807, 2.05) is 24.3 Å². The maximum atomic E-state index is 12.4. The van der Waals surface area contributed by atoms with Crippen LogP contribution in [-0.4, -0.2) is 26.1 Å². The predicted molar refractivity (Wildman–Crippen MR) is 98.5 cm³/mol. The van der Waals surface area contributed by atoms with Gasteiger partial charge >= 0.3 is 0 Å². The number of aromatic nitrogens is 4. The highest BCUT2D eigenvalue weighted by molar-refractivity contribution is 6.30. The largest absolute Gasteiger partial charge is 0.348 e. The molecule has 6 nitrogen and oxygen atoms in total. The quantitative estimate of drug-likeness (QED) is 0.768. The Balaban J connectivity index is 1.42. The number of aryl methyl sites for hydroxylation is 1. The van der Waals surface area contributed by atoms with Crippen LogP contribution in [-0.2, 0) is 17.8 Å². The highest BCUT2D eigenvalue weighted by Crippen LogP contribution is 2.29. The fourth-order valence-corrected chi connectivity index (χ4v) is 3.42. The van der Waals surface area contributed by atoms with E-state index in [9.17, 15) is 4.79 Å². The standard InChI is InChI=1S/C19H18ClN5O/c20-15-10-8-14(9-11-15)19-22-24-25(23-19)12-18(26)21-17-7-3-5-13-4-1-2-6-16(13)17/h1-2,4,6,8-11,17H,3,5,7,12H2,(H,21,26)/t17-/m0/s1. The fourth-order valence-electron chi connectivity index (χ4n) is 3.30. The molecule has 0 radical (unpaired) electrons. The molecule has 1 heterocycles. The molecule has 132 valence electrons. The number of nitrogens with zero attached hydrogens (tertiary/aromatic N) is 4. The van der Waals surface area contributed by atoms with Crippen molar-refractivity contribution >= 4 is 17.5 Å². The molecule has 1 atom stereocenters. The van der Waals surface area contributed by atoms with Gasteiger partial charge in [-0.1, -0.05) is 35.9 Å². The number of halogens is 1. The van der Waals surface area contributed by atoms with Crippen molar-refractivity contribution in [1.29, 1.82) is 0 Å². The third-order valence-electron chi connectivity index (χ3n) is 4.54. The zero-order valence-electron chi connectivity index (χ0n) is 14.1. The molecule has 4 rings (SSSR count). The van der Waals surface area contributed by atoms with Crippen LogP contribution in [0.1, 0.15) is 30.0 Å². The minimum atomic E-state index is -0.119. The highest BCUT2D eigenvalue weighted by atomic mass is 35.5. The van der Waals surface area contributed by atoms with Gasteiger partial charge < -0.3 is 5.32 Å². The van der Waals surface area contributed by atoms with Crippen molar-refractivity contribution in [3.05, 3.63) is 64.7 Å². The summed E-state index contributed by atoms with van der Waals surface area (Å²) < 4.78 is 0. The first-order valence-corrected chi connectivity index (χ1v) is 8.98. The monoisotopic (exact) mass is 367 g/mol. The first-order valence-electron chi connectivity index (χ1n) is 8.60. The van der Waals surface area contributed by atoms with Gasteiger partial charge in [0.25, 0.3) is 0 Å². The smallest absolute Gasteiger partial charge is 0.244 e. The first-order chi connectivity index (χ1) is 12.7. The SMILES string of the molecule is O=C(Cn1nnc(-c2ccc(Cl)cc2)n1)N[C@H]1CCCc2ccccc21. The van der Waals surface area contributed by atoms with E-state index in [1.54, 1.807) is 12.1 Å². The molecule has 1 amide bonds. The summed E-state index contributed by atoms with van der Waals surface area (Å²) in [7, 11) is 0. The van der Waals surface area contributed by atoms with Crippen molar-refractivity contribution < 1.29 is 4.79 Å². The lowest BCUT2D eigenvalue weighted by Gasteiger charge is -2.26. The van der Waals surface area contributed by atoms with Crippen molar-refractivity contribution in [2.45, 2.75) is 31.8 Å². The van der Waals surface area contributed by atoms with Gasteiger partial charge in [-0.25, -0.2) is 0 Å². The lowest BCUT2D eigenvalue weighted by Crippen LogP contribution is -2.34. The third-order valence-corrected chi connectivity index (χ3v) is 4.80. The van der Waals surface area contributed by atoms with Crippen LogP contribution in [0.4, 0.5) is 0 Å². The van der Waals surface area contributed by atoms with Gasteiger partial charge in [-0.15, -0.1) is 10.2 Å². The lowest BCUT2D eigenvalue weighted by atomic mass is 9.88. The van der Waals surface area contributed by atoms with E-state index in [-0.39, 0.29) is 18.5 Å². The van der Waals surface area contributed by atoms with Crippen LogP contribution in [0.25, 0.3) is 11.4 Å². The van der Waals surface area contributed by atoms with E-state index in [0.29, 0.717) is 10.8 Å². The van der Waals surface area contributed by atoms with Gasteiger partial charge in [-0.3, -0.25) is 4.79 Å². The second-order valence-corrected chi connectivity index (χ2v) is 6.80. The summed E-state index contributed by atoms with van der Waals surface area (Å²) in [6, 6.07) is 15.5. The van der Waals surface area contributed by atoms with Crippen molar-refractivity contribution in [2.24, 2.45) is 0 Å². The Morgan fingerprint density at radius 1 is 1.19 bits per heavy atom. The number of nitrogens with one attached hydrogen (secondary N) is 1. The van der Waals surface area contributed by atoms with Crippen molar-refractivity contribution in [1.82, 2.24) is 25.5 Å². The molecule has 1 aromatic heterocycles. The first kappa shape index (κ1) is 16.7. The number of benzene rings is 2. The zero-order valence-corrected chi connectivity index (χ0v) is 14.9. The minimum absolute atomic E-state index is 0.0409.